The number of hydrogen-bond donors (Lipinski definition) is 1. The van der Waals surface area contributed by atoms with Crippen LogP contribution < -0.4 is 10.3 Å². The van der Waals surface area contributed by atoms with Gasteiger partial charge in [-0.05, 0) is 67.0 Å². The first-order valence-corrected chi connectivity index (χ1v) is 11.6. The Labute approximate surface area is 213 Å². The highest BCUT2D eigenvalue weighted by atomic mass is 79.9. The summed E-state index contributed by atoms with van der Waals surface area (Å²) >= 11 is 9.73. The lowest BCUT2D eigenvalue weighted by molar-refractivity contribution is 0.0688. The van der Waals surface area contributed by atoms with Gasteiger partial charge in [0.15, 0.2) is 5.82 Å². The fourth-order valence-electron chi connectivity index (χ4n) is 3.29. The molecule has 1 aromatic carbocycles. The minimum Gasteiger partial charge on any atom is -0.470 e. The van der Waals surface area contributed by atoms with Crippen LogP contribution in [0.2, 0.25) is 5.02 Å². The second-order valence-corrected chi connectivity index (χ2v) is 9.35. The number of pyridine rings is 1. The maximum absolute atomic E-state index is 13.3. The first-order valence-electron chi connectivity index (χ1n) is 10.4. The molecule has 3 heterocycles. The Hall–Kier alpha value is -3.21. The van der Waals surface area contributed by atoms with Crippen molar-refractivity contribution in [1.29, 1.82) is 0 Å². The largest absolute Gasteiger partial charge is 0.470 e. The van der Waals surface area contributed by atoms with Gasteiger partial charge in [-0.1, -0.05) is 23.7 Å². The first-order chi connectivity index (χ1) is 16.5. The van der Waals surface area contributed by atoms with Crippen LogP contribution in [0.15, 0.2) is 57.9 Å². The second-order valence-electron chi connectivity index (χ2n) is 8.15. The predicted molar refractivity (Wildman–Crippen MR) is 132 cm³/mol. The van der Waals surface area contributed by atoms with Crippen LogP contribution >= 0.6 is 27.5 Å². The molecule has 8 nitrogen and oxygen atoms in total. The molecule has 0 radical (unpaired) electrons. The van der Waals surface area contributed by atoms with E-state index in [2.05, 4.69) is 35.9 Å². The zero-order valence-corrected chi connectivity index (χ0v) is 21.3. The Morgan fingerprint density at radius 1 is 1.17 bits per heavy atom. The topological polar surface area (TPSA) is 103 Å². The molecule has 3 aromatic heterocycles. The van der Waals surface area contributed by atoms with E-state index >= 15 is 0 Å². The maximum Gasteiger partial charge on any atom is 0.276 e. The summed E-state index contributed by atoms with van der Waals surface area (Å²) in [5.41, 5.74) is 0.295. The van der Waals surface area contributed by atoms with Crippen molar-refractivity contribution in [2.75, 3.05) is 0 Å². The predicted octanol–water partition coefficient (Wildman–Crippen LogP) is 4.75. The lowest BCUT2D eigenvalue weighted by Crippen LogP contribution is -2.24. The van der Waals surface area contributed by atoms with E-state index in [9.17, 15) is 14.3 Å². The Kier molecular flexibility index (Phi) is 6.98. The van der Waals surface area contributed by atoms with Crippen molar-refractivity contribution in [1.82, 2.24) is 24.5 Å². The summed E-state index contributed by atoms with van der Waals surface area (Å²) in [6, 6.07) is 11.2. The van der Waals surface area contributed by atoms with Gasteiger partial charge < -0.3 is 9.84 Å². The smallest absolute Gasteiger partial charge is 0.276 e. The molecule has 0 saturated carbocycles. The van der Waals surface area contributed by atoms with Crippen molar-refractivity contribution >= 4 is 27.5 Å². The van der Waals surface area contributed by atoms with Crippen molar-refractivity contribution in [2.24, 2.45) is 0 Å². The summed E-state index contributed by atoms with van der Waals surface area (Å²) in [6.07, 6.45) is 1.55. The van der Waals surface area contributed by atoms with Gasteiger partial charge in [-0.15, -0.1) is 0 Å². The summed E-state index contributed by atoms with van der Waals surface area (Å²) in [5.74, 6) is 0.00295. The molecular weight excluding hydrogens is 541 g/mol. The highest BCUT2D eigenvalue weighted by Gasteiger charge is 2.21. The van der Waals surface area contributed by atoms with Crippen molar-refractivity contribution in [3.63, 3.8) is 0 Å². The quantitative estimate of drug-likeness (QED) is 0.339. The van der Waals surface area contributed by atoms with Gasteiger partial charge in [0.2, 0.25) is 11.8 Å². The van der Waals surface area contributed by atoms with Gasteiger partial charge in [0.25, 0.3) is 5.56 Å². The van der Waals surface area contributed by atoms with E-state index in [-0.39, 0.29) is 22.8 Å². The SMILES string of the molecule is Cc1nc(OCc2cccc(F)n2)c(Br)c(=O)n1-c1cc(-c2ccnc(C(C)(C)O)n2)ccc1Cl. The molecule has 0 amide bonds. The average Bonchev–Trinajstić information content (AvgIpc) is 2.81. The lowest BCUT2D eigenvalue weighted by Gasteiger charge is -2.17. The number of aromatic nitrogens is 5. The van der Waals surface area contributed by atoms with Gasteiger partial charge in [0.1, 0.15) is 22.5 Å². The van der Waals surface area contributed by atoms with Gasteiger partial charge in [-0.25, -0.2) is 15.0 Å². The molecule has 180 valence electrons. The van der Waals surface area contributed by atoms with Crippen LogP contribution in [-0.4, -0.2) is 29.6 Å². The van der Waals surface area contributed by atoms with E-state index in [4.69, 9.17) is 16.3 Å². The van der Waals surface area contributed by atoms with Crippen LogP contribution in [0.3, 0.4) is 0 Å². The molecule has 0 atom stereocenters. The fourth-order valence-corrected chi connectivity index (χ4v) is 3.88. The molecule has 4 rings (SSSR count). The average molecular weight is 561 g/mol. The van der Waals surface area contributed by atoms with Crippen LogP contribution in [-0.2, 0) is 12.2 Å². The van der Waals surface area contributed by atoms with Crippen LogP contribution in [0.25, 0.3) is 16.9 Å². The van der Waals surface area contributed by atoms with Gasteiger partial charge in [-0.2, -0.15) is 9.37 Å². The van der Waals surface area contributed by atoms with Crippen molar-refractivity contribution < 1.29 is 14.2 Å². The number of rotatable bonds is 6. The van der Waals surface area contributed by atoms with Gasteiger partial charge in [-0.3, -0.25) is 9.36 Å². The number of ether oxygens (including phenoxy) is 1. The zero-order valence-electron chi connectivity index (χ0n) is 19.0. The Bertz CT molecular complexity index is 1470. The third-order valence-corrected chi connectivity index (χ3v) is 5.98. The molecule has 11 heteroatoms. The number of hydrogen-bond acceptors (Lipinski definition) is 7. The third-order valence-electron chi connectivity index (χ3n) is 4.98. The van der Waals surface area contributed by atoms with E-state index in [1.165, 1.54) is 16.7 Å². The molecule has 1 N–H and O–H groups in total. The number of benzene rings is 1. The third kappa shape index (κ3) is 5.39. The van der Waals surface area contributed by atoms with E-state index in [1.54, 1.807) is 57.3 Å². The molecule has 4 aromatic rings. The normalized spacial score (nSPS) is 11.5. The molecule has 0 spiro atoms. The minimum atomic E-state index is -1.22. The summed E-state index contributed by atoms with van der Waals surface area (Å²) < 4.78 is 20.4. The van der Waals surface area contributed by atoms with Crippen molar-refractivity contribution in [2.45, 2.75) is 33.0 Å². The highest BCUT2D eigenvalue weighted by molar-refractivity contribution is 9.10. The van der Waals surface area contributed by atoms with Crippen LogP contribution in [0.4, 0.5) is 4.39 Å². The number of nitrogens with zero attached hydrogens (tertiary/aromatic N) is 5. The van der Waals surface area contributed by atoms with Crippen LogP contribution in [0.1, 0.15) is 31.2 Å². The van der Waals surface area contributed by atoms with E-state index in [0.717, 1.165) is 0 Å². The molecule has 35 heavy (non-hydrogen) atoms. The van der Waals surface area contributed by atoms with Crippen LogP contribution in [0, 0.1) is 12.9 Å². The van der Waals surface area contributed by atoms with Gasteiger partial charge in [0, 0.05) is 11.8 Å². The molecule has 0 fully saturated rings. The zero-order chi connectivity index (χ0) is 25.3. The molecule has 0 aliphatic heterocycles. The maximum atomic E-state index is 13.3. The van der Waals surface area contributed by atoms with E-state index in [1.807, 2.05) is 0 Å². The molecule has 0 unspecified atom stereocenters. The van der Waals surface area contributed by atoms with Crippen molar-refractivity contribution in [3.05, 3.63) is 91.8 Å². The lowest BCUT2D eigenvalue weighted by atomic mass is 10.1. The summed E-state index contributed by atoms with van der Waals surface area (Å²) in [5, 5.41) is 10.6. The standard InChI is InChI=1S/C24H20BrClFN5O3/c1-13-29-21(35-12-15-5-4-6-19(27)30-15)20(25)22(33)32(13)18-11-14(7-8-16(18)26)17-9-10-28-23(31-17)24(2,3)34/h4-11,34H,12H2,1-3H3. The molecule has 0 aliphatic rings. The van der Waals surface area contributed by atoms with Crippen LogP contribution in [0.5, 0.6) is 5.88 Å². The van der Waals surface area contributed by atoms with E-state index in [0.29, 0.717) is 33.5 Å². The molecule has 0 aliphatic carbocycles. The monoisotopic (exact) mass is 559 g/mol. The molecular formula is C24H20BrClFN5O3. The summed E-state index contributed by atoms with van der Waals surface area (Å²) in [6.45, 7) is 4.76. The first kappa shape index (κ1) is 24.9. The second kappa shape index (κ2) is 9.80. The van der Waals surface area contributed by atoms with E-state index < -0.39 is 17.1 Å². The number of halogens is 3. The molecule has 0 bridgehead atoms. The number of aryl methyl sites for hydroxylation is 1. The minimum absolute atomic E-state index is 0.0488. The number of aliphatic hydroxyl groups is 1. The van der Waals surface area contributed by atoms with Gasteiger partial charge >= 0.3 is 0 Å². The Morgan fingerprint density at radius 3 is 2.66 bits per heavy atom. The Balaban J connectivity index is 1.72. The fraction of sp³-hybridized carbons (Fsp3) is 0.208. The summed E-state index contributed by atoms with van der Waals surface area (Å²) in [7, 11) is 0. The molecule has 0 saturated heterocycles. The van der Waals surface area contributed by atoms with Gasteiger partial charge in [0.05, 0.1) is 22.1 Å². The Morgan fingerprint density at radius 2 is 1.94 bits per heavy atom. The highest BCUT2D eigenvalue weighted by Crippen LogP contribution is 2.29. The van der Waals surface area contributed by atoms with Crippen molar-refractivity contribution in [3.8, 4) is 22.8 Å². The summed E-state index contributed by atoms with van der Waals surface area (Å²) in [4.78, 5) is 30.0.